The number of ether oxygens (including phenoxy) is 2. The average molecular weight is 198 g/mol. The maximum absolute atomic E-state index is 9.43. The van der Waals surface area contributed by atoms with Crippen molar-refractivity contribution in [3.63, 3.8) is 0 Å². The van der Waals surface area contributed by atoms with Crippen LogP contribution in [0.25, 0.3) is 0 Å². The van der Waals surface area contributed by atoms with Crippen LogP contribution in [0.4, 0.5) is 0 Å². The van der Waals surface area contributed by atoms with E-state index in [1.165, 1.54) is 13.3 Å². The Hall–Kier alpha value is -1.20. The van der Waals surface area contributed by atoms with Crippen LogP contribution in [0.5, 0.6) is 5.88 Å². The van der Waals surface area contributed by atoms with Gasteiger partial charge in [0.1, 0.15) is 0 Å². The van der Waals surface area contributed by atoms with Gasteiger partial charge in [-0.05, 0) is 0 Å². The molecule has 1 unspecified atom stereocenters. The second-order valence-corrected chi connectivity index (χ2v) is 2.87. The van der Waals surface area contributed by atoms with Gasteiger partial charge in [0.2, 0.25) is 5.88 Å². The molecular weight excluding hydrogens is 184 g/mol. The maximum Gasteiger partial charge on any atom is 0.232 e. The Balaban J connectivity index is 2.57. The quantitative estimate of drug-likeness (QED) is 0.723. The third-order valence-corrected chi connectivity index (χ3v) is 1.68. The van der Waals surface area contributed by atoms with Crippen molar-refractivity contribution >= 4 is 0 Å². The molecule has 0 aliphatic heterocycles. The van der Waals surface area contributed by atoms with Crippen LogP contribution in [0.1, 0.15) is 5.69 Å². The summed E-state index contributed by atoms with van der Waals surface area (Å²) in [5, 5.41) is 9.43. The fraction of sp³-hybridized carbons (Fsp3) is 0.556. The molecule has 0 saturated carbocycles. The van der Waals surface area contributed by atoms with E-state index in [1.54, 1.807) is 13.3 Å². The van der Waals surface area contributed by atoms with Gasteiger partial charge in [0, 0.05) is 19.7 Å². The molecule has 0 aromatic carbocycles. The van der Waals surface area contributed by atoms with E-state index >= 15 is 0 Å². The summed E-state index contributed by atoms with van der Waals surface area (Å²) in [5.74, 6) is 0.451. The largest absolute Gasteiger partial charge is 0.480 e. The predicted molar refractivity (Wildman–Crippen MR) is 50.2 cm³/mol. The molecule has 0 aliphatic carbocycles. The van der Waals surface area contributed by atoms with Crippen LogP contribution in [-0.4, -0.2) is 42.0 Å². The topological polar surface area (TPSA) is 64.5 Å². The van der Waals surface area contributed by atoms with Crippen LogP contribution in [0.3, 0.4) is 0 Å². The predicted octanol–water partition coefficient (Wildman–Crippen LogP) is 0.0350. The Kier molecular flexibility index (Phi) is 4.28. The number of methoxy groups -OCH3 is 2. The molecule has 0 spiro atoms. The first-order valence-corrected chi connectivity index (χ1v) is 4.28. The van der Waals surface area contributed by atoms with E-state index < -0.39 is 6.10 Å². The summed E-state index contributed by atoms with van der Waals surface area (Å²) >= 11 is 0. The van der Waals surface area contributed by atoms with Crippen molar-refractivity contribution in [2.24, 2.45) is 0 Å². The van der Waals surface area contributed by atoms with Gasteiger partial charge in [0.25, 0.3) is 0 Å². The standard InChI is InChI=1S/C9H14N2O3/c1-13-6-8(12)3-7-4-10-5-9(11-7)14-2/h4-5,8,12H,3,6H2,1-2H3. The molecule has 0 bridgehead atoms. The van der Waals surface area contributed by atoms with Gasteiger partial charge in [0.05, 0.1) is 31.7 Å². The molecule has 0 fully saturated rings. The van der Waals surface area contributed by atoms with Crippen molar-refractivity contribution in [2.75, 3.05) is 20.8 Å². The van der Waals surface area contributed by atoms with E-state index in [-0.39, 0.29) is 0 Å². The first-order valence-electron chi connectivity index (χ1n) is 4.28. The smallest absolute Gasteiger partial charge is 0.232 e. The molecule has 0 aliphatic rings. The molecule has 0 amide bonds. The Morgan fingerprint density at radius 2 is 2.21 bits per heavy atom. The summed E-state index contributed by atoms with van der Waals surface area (Å²) in [7, 11) is 3.07. The van der Waals surface area contributed by atoms with Crippen molar-refractivity contribution in [2.45, 2.75) is 12.5 Å². The highest BCUT2D eigenvalue weighted by molar-refractivity contribution is 5.08. The number of aliphatic hydroxyl groups is 1. The number of rotatable bonds is 5. The molecule has 1 N–H and O–H groups in total. The average Bonchev–Trinajstić information content (AvgIpc) is 2.18. The van der Waals surface area contributed by atoms with Crippen molar-refractivity contribution in [1.29, 1.82) is 0 Å². The minimum absolute atomic E-state index is 0.291. The molecular formula is C9H14N2O3. The fourth-order valence-electron chi connectivity index (χ4n) is 1.08. The fourth-order valence-corrected chi connectivity index (χ4v) is 1.08. The van der Waals surface area contributed by atoms with Crippen molar-refractivity contribution < 1.29 is 14.6 Å². The van der Waals surface area contributed by atoms with Gasteiger partial charge in [-0.15, -0.1) is 0 Å². The number of aliphatic hydroxyl groups excluding tert-OH is 1. The van der Waals surface area contributed by atoms with Crippen LogP contribution in [0.15, 0.2) is 12.4 Å². The molecule has 1 heterocycles. The highest BCUT2D eigenvalue weighted by Gasteiger charge is 2.07. The highest BCUT2D eigenvalue weighted by atomic mass is 16.5. The van der Waals surface area contributed by atoms with E-state index in [2.05, 4.69) is 9.97 Å². The van der Waals surface area contributed by atoms with Gasteiger partial charge in [0.15, 0.2) is 0 Å². The zero-order chi connectivity index (χ0) is 10.4. The van der Waals surface area contributed by atoms with Gasteiger partial charge < -0.3 is 14.6 Å². The Bertz CT molecular complexity index is 281. The van der Waals surface area contributed by atoms with E-state index in [0.29, 0.717) is 24.6 Å². The molecule has 1 aromatic rings. The number of hydrogen-bond donors (Lipinski definition) is 1. The molecule has 0 radical (unpaired) electrons. The van der Waals surface area contributed by atoms with Gasteiger partial charge >= 0.3 is 0 Å². The summed E-state index contributed by atoms with van der Waals surface area (Å²) in [6, 6.07) is 0. The number of nitrogens with zero attached hydrogens (tertiary/aromatic N) is 2. The lowest BCUT2D eigenvalue weighted by Crippen LogP contribution is -2.17. The van der Waals surface area contributed by atoms with Crippen LogP contribution >= 0.6 is 0 Å². The second kappa shape index (κ2) is 5.51. The minimum atomic E-state index is -0.554. The van der Waals surface area contributed by atoms with Gasteiger partial charge in [-0.2, -0.15) is 0 Å². The number of aromatic nitrogens is 2. The SMILES string of the molecule is COCC(O)Cc1cncc(OC)n1. The Morgan fingerprint density at radius 3 is 2.86 bits per heavy atom. The lowest BCUT2D eigenvalue weighted by Gasteiger charge is -2.08. The second-order valence-electron chi connectivity index (χ2n) is 2.87. The Morgan fingerprint density at radius 1 is 1.43 bits per heavy atom. The van der Waals surface area contributed by atoms with Crippen LogP contribution in [0, 0.1) is 0 Å². The van der Waals surface area contributed by atoms with Gasteiger partial charge in [-0.3, -0.25) is 4.98 Å². The summed E-state index contributed by atoms with van der Waals surface area (Å²) in [6.07, 6.45) is 2.98. The van der Waals surface area contributed by atoms with E-state index in [4.69, 9.17) is 9.47 Å². The lowest BCUT2D eigenvalue weighted by molar-refractivity contribution is 0.0643. The monoisotopic (exact) mass is 198 g/mol. The third kappa shape index (κ3) is 3.27. The maximum atomic E-state index is 9.43. The Labute approximate surface area is 82.7 Å². The normalized spacial score (nSPS) is 12.5. The van der Waals surface area contributed by atoms with E-state index in [0.717, 1.165) is 0 Å². The number of hydrogen-bond acceptors (Lipinski definition) is 5. The minimum Gasteiger partial charge on any atom is -0.480 e. The summed E-state index contributed by atoms with van der Waals surface area (Å²) in [6.45, 7) is 0.291. The summed E-state index contributed by atoms with van der Waals surface area (Å²) < 4.78 is 9.71. The summed E-state index contributed by atoms with van der Waals surface area (Å²) in [5.41, 5.74) is 0.689. The van der Waals surface area contributed by atoms with Crippen molar-refractivity contribution in [1.82, 2.24) is 9.97 Å². The zero-order valence-electron chi connectivity index (χ0n) is 8.30. The van der Waals surface area contributed by atoms with E-state index in [9.17, 15) is 5.11 Å². The molecule has 5 heteroatoms. The third-order valence-electron chi connectivity index (χ3n) is 1.68. The molecule has 0 saturated heterocycles. The molecule has 5 nitrogen and oxygen atoms in total. The summed E-state index contributed by atoms with van der Waals surface area (Å²) in [4.78, 5) is 8.04. The first kappa shape index (κ1) is 10.9. The highest BCUT2D eigenvalue weighted by Crippen LogP contribution is 2.06. The van der Waals surface area contributed by atoms with Gasteiger partial charge in [-0.1, -0.05) is 0 Å². The van der Waals surface area contributed by atoms with E-state index in [1.807, 2.05) is 0 Å². The van der Waals surface area contributed by atoms with Crippen LogP contribution < -0.4 is 4.74 Å². The zero-order valence-corrected chi connectivity index (χ0v) is 8.30. The first-order chi connectivity index (χ1) is 6.76. The molecule has 78 valence electrons. The van der Waals surface area contributed by atoms with Gasteiger partial charge in [-0.25, -0.2) is 4.98 Å². The van der Waals surface area contributed by atoms with Crippen LogP contribution in [-0.2, 0) is 11.2 Å². The molecule has 1 atom stereocenters. The van der Waals surface area contributed by atoms with Crippen molar-refractivity contribution in [3.8, 4) is 5.88 Å². The molecule has 1 aromatic heterocycles. The van der Waals surface area contributed by atoms with Crippen LogP contribution in [0.2, 0.25) is 0 Å². The lowest BCUT2D eigenvalue weighted by atomic mass is 10.2. The molecule has 14 heavy (non-hydrogen) atoms. The molecule has 1 rings (SSSR count). The van der Waals surface area contributed by atoms with Crippen molar-refractivity contribution in [3.05, 3.63) is 18.1 Å².